The zero-order chi connectivity index (χ0) is 32.0. The SMILES string of the molecule is NC(=O)c1ccc[n+](C2OC(COP(=O)(O)OP(=O)(O)OCC3OC(N4C=NC5C(=O)N=CN=C54)C(O)C3O)C(O)C2O)c1.[Na]. The largest absolute Gasteiger partial charge is 0.481 e. The standard InChI is InChI=1S/C21H26N6O15P2.Na/c22-17(32)9-2-1-3-26(4-9)20-15(30)13(28)10(40-20)5-38-43(34,35)42-44(36,37)39-6-11-14(29)16(31)21(41-11)27-8-25-12-18(27)23-7-24-19(12)33;/h1-4,7-8,10-16,20-21,28-31H,5-6H2,(H3-,22,32,34,35,36,37);/p+1. The van der Waals surface area contributed by atoms with Crippen LogP contribution in [0.3, 0.4) is 0 Å². The van der Waals surface area contributed by atoms with Gasteiger partial charge in [-0.3, -0.25) is 28.5 Å². The van der Waals surface area contributed by atoms with Gasteiger partial charge in [0, 0.05) is 35.6 Å². The smallest absolute Gasteiger partial charge is 0.387 e. The molecular formula is C21H27N6NaO15P2+. The molecule has 0 saturated carbocycles. The summed E-state index contributed by atoms with van der Waals surface area (Å²) in [6.07, 6.45) is -7.33. The summed E-state index contributed by atoms with van der Waals surface area (Å²) in [5, 5.41) is 41.5. The van der Waals surface area contributed by atoms with Crippen LogP contribution in [0.25, 0.3) is 0 Å². The van der Waals surface area contributed by atoms with Crippen LogP contribution in [0.15, 0.2) is 39.5 Å². The summed E-state index contributed by atoms with van der Waals surface area (Å²) in [5.74, 6) is -1.33. The Morgan fingerprint density at radius 2 is 1.64 bits per heavy atom. The second kappa shape index (κ2) is 14.1. The van der Waals surface area contributed by atoms with Gasteiger partial charge in [-0.25, -0.2) is 14.1 Å². The first-order valence-corrected chi connectivity index (χ1v) is 15.6. The average Bonchev–Trinajstić information content (AvgIpc) is 3.61. The number of phosphoric ester groups is 2. The number of fused-ring (bicyclic) bond motifs is 1. The molecule has 5 rings (SSSR count). The molecule has 5 heterocycles. The molecule has 11 atom stereocenters. The van der Waals surface area contributed by atoms with Gasteiger partial charge in [-0.15, -0.1) is 0 Å². The number of aliphatic hydroxyl groups excluding tert-OH is 4. The van der Waals surface area contributed by atoms with Crippen LogP contribution in [0.1, 0.15) is 16.6 Å². The fourth-order valence-corrected chi connectivity index (χ4v) is 6.74. The number of carbonyl (C=O) groups is 2. The zero-order valence-electron chi connectivity index (χ0n) is 23.1. The Morgan fingerprint density at radius 3 is 2.29 bits per heavy atom. The summed E-state index contributed by atoms with van der Waals surface area (Å²) in [5.41, 5.74) is 5.30. The van der Waals surface area contributed by atoms with Crippen LogP contribution in [-0.2, 0) is 36.8 Å². The molecule has 0 aliphatic carbocycles. The van der Waals surface area contributed by atoms with Crippen molar-refractivity contribution < 1.29 is 76.3 Å². The number of aliphatic imine (C=N–C) groups is 3. The number of amidine groups is 1. The number of aromatic nitrogens is 1. The number of ether oxygens (including phenoxy) is 2. The van der Waals surface area contributed by atoms with Crippen molar-refractivity contribution in [1.29, 1.82) is 0 Å². The van der Waals surface area contributed by atoms with E-state index in [0.717, 1.165) is 12.7 Å². The topological polar surface area (TPSA) is 306 Å². The molecule has 2 amide bonds. The molecule has 8 N–H and O–H groups in total. The number of phosphoric acid groups is 2. The molecule has 4 aliphatic rings. The number of nitrogens with zero attached hydrogens (tertiary/aromatic N) is 5. The van der Waals surface area contributed by atoms with Crippen molar-refractivity contribution in [3.8, 4) is 0 Å². The number of aliphatic hydroxyl groups is 4. The first-order chi connectivity index (χ1) is 20.7. The summed E-state index contributed by atoms with van der Waals surface area (Å²) < 4.78 is 50.6. The number of primary amides is 1. The number of nitrogens with two attached hydrogens (primary N) is 1. The van der Waals surface area contributed by atoms with E-state index in [0.29, 0.717) is 0 Å². The fourth-order valence-electron chi connectivity index (χ4n) is 4.65. The molecule has 21 nitrogen and oxygen atoms in total. The maximum atomic E-state index is 12.4. The van der Waals surface area contributed by atoms with E-state index in [1.165, 1.54) is 34.0 Å². The summed E-state index contributed by atoms with van der Waals surface area (Å²) in [4.78, 5) is 55.8. The number of rotatable bonds is 11. The molecule has 11 unspecified atom stereocenters. The zero-order valence-corrected chi connectivity index (χ0v) is 26.9. The van der Waals surface area contributed by atoms with Crippen LogP contribution in [0.4, 0.5) is 0 Å². The first kappa shape index (κ1) is 36.0. The predicted octanol–water partition coefficient (Wildman–Crippen LogP) is -4.31. The number of hydrogen-bond acceptors (Lipinski definition) is 16. The van der Waals surface area contributed by atoms with E-state index in [1.54, 1.807) is 0 Å². The van der Waals surface area contributed by atoms with E-state index in [1.807, 2.05) is 0 Å². The van der Waals surface area contributed by atoms with E-state index in [9.17, 15) is 48.9 Å². The van der Waals surface area contributed by atoms with Crippen LogP contribution in [0.2, 0.25) is 0 Å². The molecule has 2 saturated heterocycles. The molecule has 0 spiro atoms. The Labute approximate surface area is 275 Å². The maximum Gasteiger partial charge on any atom is 0.481 e. The number of hydrogen-bond donors (Lipinski definition) is 7. The molecular weight excluding hydrogens is 661 g/mol. The minimum Gasteiger partial charge on any atom is -0.387 e. The van der Waals surface area contributed by atoms with Crippen molar-refractivity contribution >= 4 is 75.5 Å². The minimum atomic E-state index is -5.39. The van der Waals surface area contributed by atoms with Gasteiger partial charge in [0.25, 0.3) is 18.0 Å². The number of amides is 2. The third kappa shape index (κ3) is 7.82. The van der Waals surface area contributed by atoms with E-state index < -0.39 is 95.8 Å². The summed E-state index contributed by atoms with van der Waals surface area (Å²) in [7, 11) is -10.8. The van der Waals surface area contributed by atoms with Crippen molar-refractivity contribution in [3.05, 3.63) is 30.1 Å². The summed E-state index contributed by atoms with van der Waals surface area (Å²) >= 11 is 0. The van der Waals surface area contributed by atoms with Gasteiger partial charge in [-0.05, 0) is 6.07 Å². The number of pyridine rings is 1. The minimum absolute atomic E-state index is 0. The summed E-state index contributed by atoms with van der Waals surface area (Å²) in [6.45, 7) is -1.84. The van der Waals surface area contributed by atoms with Gasteiger partial charge in [-0.1, -0.05) is 0 Å². The van der Waals surface area contributed by atoms with Crippen molar-refractivity contribution in [2.45, 2.75) is 55.1 Å². The molecule has 24 heteroatoms. The summed E-state index contributed by atoms with van der Waals surface area (Å²) in [6, 6.07) is 1.76. The Morgan fingerprint density at radius 1 is 1.02 bits per heavy atom. The first-order valence-electron chi connectivity index (χ1n) is 12.6. The molecule has 1 aromatic heterocycles. The van der Waals surface area contributed by atoms with Gasteiger partial charge in [0.05, 0.1) is 19.6 Å². The van der Waals surface area contributed by atoms with Gasteiger partial charge < -0.3 is 45.4 Å². The third-order valence-electron chi connectivity index (χ3n) is 6.82. The molecule has 4 aliphatic heterocycles. The molecule has 0 bridgehead atoms. The van der Waals surface area contributed by atoms with E-state index in [-0.39, 0.29) is 41.0 Å². The van der Waals surface area contributed by atoms with E-state index in [4.69, 9.17) is 15.2 Å². The number of carbonyl (C=O) groups excluding carboxylic acids is 2. The van der Waals surface area contributed by atoms with Gasteiger partial charge in [0.15, 0.2) is 30.8 Å². The molecule has 1 radical (unpaired) electrons. The Hall–Kier alpha value is -1.88. The van der Waals surface area contributed by atoms with Crippen LogP contribution in [-0.4, -0.2) is 157 Å². The van der Waals surface area contributed by atoms with E-state index in [2.05, 4.69) is 28.3 Å². The van der Waals surface area contributed by atoms with Gasteiger partial charge in [0.1, 0.15) is 48.3 Å². The van der Waals surface area contributed by atoms with Crippen molar-refractivity contribution in [2.24, 2.45) is 20.7 Å². The quantitative estimate of drug-likeness (QED) is 0.0657. The van der Waals surface area contributed by atoms with Crippen LogP contribution in [0, 0.1) is 0 Å². The van der Waals surface area contributed by atoms with Crippen LogP contribution >= 0.6 is 15.6 Å². The predicted molar refractivity (Wildman–Crippen MR) is 145 cm³/mol. The molecule has 2 fully saturated rings. The van der Waals surface area contributed by atoms with Crippen molar-refractivity contribution in [3.63, 3.8) is 0 Å². The van der Waals surface area contributed by atoms with Crippen molar-refractivity contribution in [2.75, 3.05) is 13.2 Å². The van der Waals surface area contributed by atoms with Crippen LogP contribution < -0.4 is 10.3 Å². The second-order valence-corrected chi connectivity index (χ2v) is 12.8. The molecule has 1 aromatic rings. The molecule has 241 valence electrons. The monoisotopic (exact) mass is 688 g/mol. The van der Waals surface area contributed by atoms with Crippen LogP contribution in [0.5, 0.6) is 0 Å². The second-order valence-electron chi connectivity index (χ2n) is 9.75. The maximum absolute atomic E-state index is 12.4. The molecule has 0 aromatic carbocycles. The van der Waals surface area contributed by atoms with E-state index >= 15 is 0 Å². The van der Waals surface area contributed by atoms with Gasteiger partial charge in [0.2, 0.25) is 0 Å². The third-order valence-corrected chi connectivity index (χ3v) is 9.42. The Kier molecular flexibility index (Phi) is 11.3. The van der Waals surface area contributed by atoms with Gasteiger partial charge in [-0.2, -0.15) is 13.9 Å². The average molecular weight is 688 g/mol. The Balaban J connectivity index is 0.00000461. The molecule has 45 heavy (non-hydrogen) atoms. The fraction of sp³-hybridized carbons (Fsp3) is 0.524. The van der Waals surface area contributed by atoms with Gasteiger partial charge >= 0.3 is 15.6 Å². The van der Waals surface area contributed by atoms with Crippen molar-refractivity contribution in [1.82, 2.24) is 4.90 Å². The Bertz CT molecular complexity index is 1500. The normalized spacial score (nSPS) is 35.0.